The molecule has 0 saturated heterocycles. The molecule has 5 nitrogen and oxygen atoms in total. The number of rotatable bonds is 7. The minimum atomic E-state index is 0.120. The molecule has 0 radical (unpaired) electrons. The lowest BCUT2D eigenvalue weighted by Crippen LogP contribution is -2.10. The summed E-state index contributed by atoms with van der Waals surface area (Å²) in [7, 11) is 0. The zero-order valence-corrected chi connectivity index (χ0v) is 20.5. The molecule has 4 rings (SSSR count). The zero-order valence-electron chi connectivity index (χ0n) is 18.1. The summed E-state index contributed by atoms with van der Waals surface area (Å²) in [5.41, 5.74) is 3.72. The molecular weight excluding hydrogens is 442 g/mol. The van der Waals surface area contributed by atoms with Gasteiger partial charge in [0.05, 0.1) is 12.3 Å². The molecule has 0 unspecified atom stereocenters. The van der Waals surface area contributed by atoms with E-state index in [1.54, 1.807) is 34.9 Å². The van der Waals surface area contributed by atoms with Crippen molar-refractivity contribution in [1.82, 2.24) is 25.0 Å². The van der Waals surface area contributed by atoms with E-state index in [-0.39, 0.29) is 5.41 Å². The van der Waals surface area contributed by atoms with Gasteiger partial charge in [0.15, 0.2) is 15.3 Å². The largest absolute Gasteiger partial charge is 0.298 e. The van der Waals surface area contributed by atoms with Crippen molar-refractivity contribution >= 4 is 34.9 Å². The molecule has 0 bridgehead atoms. The standard InChI is InChI=1S/C23H25N5S3/c1-23(2,3)18-12-10-17(11-13-18)20-25-26-21(28(20)14-16-8-6-5-7-9-16)30-15-19-24-27-22(29-4)31-19/h5-13H,14-15H2,1-4H3. The molecule has 0 N–H and O–H groups in total. The summed E-state index contributed by atoms with van der Waals surface area (Å²) in [5.74, 6) is 1.61. The lowest BCUT2D eigenvalue weighted by molar-refractivity contribution is 0.590. The summed E-state index contributed by atoms with van der Waals surface area (Å²) >= 11 is 4.91. The summed E-state index contributed by atoms with van der Waals surface area (Å²) in [5, 5.41) is 19.5. The van der Waals surface area contributed by atoms with Crippen LogP contribution in [0.1, 0.15) is 36.9 Å². The van der Waals surface area contributed by atoms with Crippen LogP contribution in [-0.4, -0.2) is 31.2 Å². The Hall–Kier alpha value is -2.16. The van der Waals surface area contributed by atoms with Crippen LogP contribution in [0.15, 0.2) is 64.1 Å². The molecule has 4 aromatic rings. The maximum atomic E-state index is 4.56. The van der Waals surface area contributed by atoms with E-state index in [1.807, 2.05) is 12.3 Å². The van der Waals surface area contributed by atoms with Crippen molar-refractivity contribution in [3.63, 3.8) is 0 Å². The van der Waals surface area contributed by atoms with Crippen LogP contribution in [0.2, 0.25) is 0 Å². The van der Waals surface area contributed by atoms with Gasteiger partial charge in [-0.05, 0) is 22.8 Å². The molecule has 0 amide bonds. The Balaban J connectivity index is 1.64. The molecule has 2 aromatic carbocycles. The van der Waals surface area contributed by atoms with Crippen molar-refractivity contribution in [2.75, 3.05) is 6.26 Å². The van der Waals surface area contributed by atoms with E-state index in [1.165, 1.54) is 11.1 Å². The second-order valence-corrected chi connectivity index (χ2v) is 11.2. The first-order chi connectivity index (χ1) is 14.9. The van der Waals surface area contributed by atoms with Gasteiger partial charge in [0.1, 0.15) is 5.01 Å². The van der Waals surface area contributed by atoms with Gasteiger partial charge in [-0.15, -0.1) is 20.4 Å². The lowest BCUT2D eigenvalue weighted by Gasteiger charge is -2.19. The van der Waals surface area contributed by atoms with Crippen LogP contribution in [0, 0.1) is 0 Å². The number of aromatic nitrogens is 5. The second-order valence-electron chi connectivity index (χ2n) is 8.16. The van der Waals surface area contributed by atoms with E-state index in [2.05, 4.69) is 94.3 Å². The highest BCUT2D eigenvalue weighted by atomic mass is 32.2. The Kier molecular flexibility index (Phi) is 6.79. The van der Waals surface area contributed by atoms with Crippen LogP contribution in [0.25, 0.3) is 11.4 Å². The van der Waals surface area contributed by atoms with Crippen molar-refractivity contribution in [3.05, 3.63) is 70.7 Å². The van der Waals surface area contributed by atoms with Gasteiger partial charge in [-0.3, -0.25) is 4.57 Å². The minimum Gasteiger partial charge on any atom is -0.298 e. The van der Waals surface area contributed by atoms with E-state index in [0.29, 0.717) is 0 Å². The van der Waals surface area contributed by atoms with E-state index in [9.17, 15) is 0 Å². The van der Waals surface area contributed by atoms with Crippen molar-refractivity contribution in [2.24, 2.45) is 0 Å². The fourth-order valence-electron chi connectivity index (χ4n) is 3.14. The third-order valence-electron chi connectivity index (χ3n) is 4.86. The average molecular weight is 468 g/mol. The SMILES string of the molecule is CSc1nnc(CSc2nnc(-c3ccc(C(C)(C)C)cc3)n2Cc2ccccc2)s1. The summed E-state index contributed by atoms with van der Waals surface area (Å²) in [6.07, 6.45) is 2.02. The first-order valence-corrected chi connectivity index (χ1v) is 13.0. The quantitative estimate of drug-likeness (QED) is 0.304. The molecule has 0 spiro atoms. The van der Waals surface area contributed by atoms with Crippen LogP contribution in [-0.2, 0) is 17.7 Å². The third kappa shape index (κ3) is 5.37. The molecule has 0 aliphatic carbocycles. The Morgan fingerprint density at radius 1 is 0.903 bits per heavy atom. The summed E-state index contributed by atoms with van der Waals surface area (Å²) in [6.45, 7) is 7.40. The minimum absolute atomic E-state index is 0.120. The topological polar surface area (TPSA) is 56.5 Å². The van der Waals surface area contributed by atoms with Crippen molar-refractivity contribution in [3.8, 4) is 11.4 Å². The fraction of sp³-hybridized carbons (Fsp3) is 0.304. The van der Waals surface area contributed by atoms with Crippen molar-refractivity contribution in [1.29, 1.82) is 0 Å². The predicted molar refractivity (Wildman–Crippen MR) is 131 cm³/mol. The Bertz CT molecular complexity index is 1130. The number of nitrogens with zero attached hydrogens (tertiary/aromatic N) is 5. The van der Waals surface area contributed by atoms with Gasteiger partial charge in [0.25, 0.3) is 0 Å². The molecule has 0 atom stereocenters. The Morgan fingerprint density at radius 2 is 1.65 bits per heavy atom. The van der Waals surface area contributed by atoms with E-state index < -0.39 is 0 Å². The average Bonchev–Trinajstić information content (AvgIpc) is 3.39. The van der Waals surface area contributed by atoms with Gasteiger partial charge in [-0.2, -0.15) is 0 Å². The summed E-state index contributed by atoms with van der Waals surface area (Å²) in [4.78, 5) is 0. The van der Waals surface area contributed by atoms with Gasteiger partial charge in [0, 0.05) is 5.56 Å². The van der Waals surface area contributed by atoms with Crippen LogP contribution < -0.4 is 0 Å². The van der Waals surface area contributed by atoms with Gasteiger partial charge >= 0.3 is 0 Å². The van der Waals surface area contributed by atoms with Gasteiger partial charge in [-0.25, -0.2) is 0 Å². The summed E-state index contributed by atoms with van der Waals surface area (Å²) < 4.78 is 3.18. The molecule has 31 heavy (non-hydrogen) atoms. The predicted octanol–water partition coefficient (Wildman–Crippen LogP) is 6.16. The first kappa shape index (κ1) is 22.0. The monoisotopic (exact) mass is 467 g/mol. The normalized spacial score (nSPS) is 11.7. The van der Waals surface area contributed by atoms with Crippen LogP contribution >= 0.6 is 34.9 Å². The number of hydrogen-bond acceptors (Lipinski definition) is 7. The van der Waals surface area contributed by atoms with E-state index in [0.717, 1.165) is 38.2 Å². The number of hydrogen-bond donors (Lipinski definition) is 0. The fourth-order valence-corrected chi connectivity index (χ4v) is 5.38. The Labute approximate surface area is 195 Å². The highest BCUT2D eigenvalue weighted by Gasteiger charge is 2.18. The summed E-state index contributed by atoms with van der Waals surface area (Å²) in [6, 6.07) is 19.1. The molecule has 2 aromatic heterocycles. The molecule has 0 saturated carbocycles. The zero-order chi connectivity index (χ0) is 21.8. The Morgan fingerprint density at radius 3 is 2.29 bits per heavy atom. The van der Waals surface area contributed by atoms with E-state index >= 15 is 0 Å². The molecule has 0 fully saturated rings. The maximum absolute atomic E-state index is 4.56. The smallest absolute Gasteiger partial charge is 0.192 e. The van der Waals surface area contributed by atoms with Crippen molar-refractivity contribution < 1.29 is 0 Å². The second kappa shape index (κ2) is 9.54. The van der Waals surface area contributed by atoms with Crippen LogP contribution in [0.5, 0.6) is 0 Å². The van der Waals surface area contributed by atoms with Gasteiger partial charge in [0.2, 0.25) is 0 Å². The highest BCUT2D eigenvalue weighted by molar-refractivity contribution is 8.00. The molecule has 8 heteroatoms. The molecule has 0 aliphatic heterocycles. The lowest BCUT2D eigenvalue weighted by atomic mass is 9.87. The molecular formula is C23H25N5S3. The van der Waals surface area contributed by atoms with Crippen molar-refractivity contribution in [2.45, 2.75) is 48.0 Å². The molecule has 0 aliphatic rings. The maximum Gasteiger partial charge on any atom is 0.192 e. The van der Waals surface area contributed by atoms with E-state index in [4.69, 9.17) is 0 Å². The third-order valence-corrected chi connectivity index (χ3v) is 7.92. The van der Waals surface area contributed by atoms with Crippen LogP contribution in [0.3, 0.4) is 0 Å². The molecule has 160 valence electrons. The highest BCUT2D eigenvalue weighted by Crippen LogP contribution is 2.31. The number of thioether (sulfide) groups is 2. The van der Waals surface area contributed by atoms with Crippen LogP contribution in [0.4, 0.5) is 0 Å². The number of benzene rings is 2. The van der Waals surface area contributed by atoms with Gasteiger partial charge < -0.3 is 0 Å². The molecule has 2 heterocycles. The first-order valence-electron chi connectivity index (χ1n) is 10.0. The van der Waals surface area contributed by atoms with Gasteiger partial charge in [-0.1, -0.05) is 110 Å².